The molecule has 1 saturated heterocycles. The molecule has 0 saturated carbocycles. The predicted molar refractivity (Wildman–Crippen MR) is 155 cm³/mol. The first-order valence-corrected chi connectivity index (χ1v) is 14.0. The summed E-state index contributed by atoms with van der Waals surface area (Å²) in [5.41, 5.74) is 8.25. The van der Waals surface area contributed by atoms with Crippen LogP contribution in [0.4, 0.5) is 0 Å². The van der Waals surface area contributed by atoms with Gasteiger partial charge in [0.1, 0.15) is 23.9 Å². The van der Waals surface area contributed by atoms with Crippen LogP contribution in [0.3, 0.4) is 0 Å². The van der Waals surface area contributed by atoms with E-state index < -0.39 is 60.2 Å². The summed E-state index contributed by atoms with van der Waals surface area (Å²) in [4.78, 5) is 67.8. The number of H-pyrrole nitrogens is 1. The zero-order chi connectivity index (χ0) is 31.1. The van der Waals surface area contributed by atoms with Gasteiger partial charge in [-0.1, -0.05) is 30.3 Å². The number of hydrogen-bond donors (Lipinski definition) is 7. The van der Waals surface area contributed by atoms with Gasteiger partial charge in [-0.2, -0.15) is 0 Å². The van der Waals surface area contributed by atoms with Crippen LogP contribution in [0.1, 0.15) is 36.8 Å². The van der Waals surface area contributed by atoms with E-state index >= 15 is 0 Å². The van der Waals surface area contributed by atoms with E-state index in [1.165, 1.54) is 17.0 Å². The minimum absolute atomic E-state index is 0.0252. The molecule has 1 aromatic heterocycles. The van der Waals surface area contributed by atoms with Crippen molar-refractivity contribution in [2.24, 2.45) is 5.73 Å². The van der Waals surface area contributed by atoms with E-state index in [0.29, 0.717) is 17.5 Å². The van der Waals surface area contributed by atoms with Crippen LogP contribution in [0.25, 0.3) is 10.9 Å². The summed E-state index contributed by atoms with van der Waals surface area (Å²) in [6, 6.07) is 8.83. The highest BCUT2D eigenvalue weighted by molar-refractivity contribution is 5.95. The summed E-state index contributed by atoms with van der Waals surface area (Å²) in [7, 11) is 0. The smallest absolute Gasteiger partial charge is 0.326 e. The molecule has 8 N–H and O–H groups in total. The Labute approximate surface area is 247 Å². The number of aromatic amines is 1. The molecule has 228 valence electrons. The third kappa shape index (κ3) is 7.89. The van der Waals surface area contributed by atoms with Crippen LogP contribution in [0.2, 0.25) is 0 Å². The number of aromatic hydroxyl groups is 1. The number of phenols is 1. The molecule has 0 spiro atoms. The van der Waals surface area contributed by atoms with Crippen molar-refractivity contribution < 1.29 is 39.3 Å². The van der Waals surface area contributed by atoms with E-state index in [2.05, 4.69) is 15.6 Å². The molecular weight excluding hydrogens is 558 g/mol. The van der Waals surface area contributed by atoms with Crippen LogP contribution in [0, 0.1) is 0 Å². The molecule has 1 aliphatic heterocycles. The lowest BCUT2D eigenvalue weighted by Crippen LogP contribution is -2.57. The summed E-state index contributed by atoms with van der Waals surface area (Å²) >= 11 is 0. The first kappa shape index (κ1) is 31.0. The number of fused-ring (bicyclic) bond motifs is 1. The summed E-state index contributed by atoms with van der Waals surface area (Å²) < 4.78 is 0. The Hall–Kier alpha value is -4.91. The second-order valence-electron chi connectivity index (χ2n) is 10.6. The number of hydrogen-bond acceptors (Lipinski definition) is 7. The molecule has 1 fully saturated rings. The zero-order valence-corrected chi connectivity index (χ0v) is 23.4. The Kier molecular flexibility index (Phi) is 9.99. The van der Waals surface area contributed by atoms with Gasteiger partial charge in [0, 0.05) is 36.5 Å². The van der Waals surface area contributed by atoms with Crippen molar-refractivity contribution in [3.8, 4) is 5.75 Å². The number of rotatable bonds is 13. The quantitative estimate of drug-likeness (QED) is 0.150. The van der Waals surface area contributed by atoms with Gasteiger partial charge in [0.15, 0.2) is 0 Å². The Morgan fingerprint density at radius 1 is 0.953 bits per heavy atom. The van der Waals surface area contributed by atoms with Gasteiger partial charge in [-0.05, 0) is 55.0 Å². The molecule has 2 heterocycles. The van der Waals surface area contributed by atoms with Crippen molar-refractivity contribution in [3.05, 3.63) is 65.9 Å². The molecule has 1 aliphatic rings. The van der Waals surface area contributed by atoms with Crippen LogP contribution in [-0.2, 0) is 36.8 Å². The fourth-order valence-electron chi connectivity index (χ4n) is 5.27. The number of aromatic nitrogens is 1. The van der Waals surface area contributed by atoms with E-state index in [4.69, 9.17) is 5.73 Å². The number of phenolic OH excluding ortho intramolecular Hbond substituents is 1. The van der Waals surface area contributed by atoms with Crippen LogP contribution < -0.4 is 16.4 Å². The van der Waals surface area contributed by atoms with E-state index in [-0.39, 0.29) is 38.0 Å². The van der Waals surface area contributed by atoms with Crippen molar-refractivity contribution in [1.29, 1.82) is 0 Å². The van der Waals surface area contributed by atoms with Crippen LogP contribution in [-0.4, -0.2) is 85.6 Å². The van der Waals surface area contributed by atoms with Gasteiger partial charge in [-0.15, -0.1) is 0 Å². The molecule has 0 bridgehead atoms. The molecule has 3 aromatic rings. The third-order valence-electron chi connectivity index (χ3n) is 7.54. The Balaban J connectivity index is 1.55. The fraction of sp³-hybridized carbons (Fsp3) is 0.367. The lowest BCUT2D eigenvalue weighted by molar-refractivity contribution is -0.149. The zero-order valence-electron chi connectivity index (χ0n) is 23.4. The highest BCUT2D eigenvalue weighted by atomic mass is 16.4. The maximum absolute atomic E-state index is 13.7. The summed E-state index contributed by atoms with van der Waals surface area (Å²) in [6.07, 6.45) is 1.89. The van der Waals surface area contributed by atoms with Crippen molar-refractivity contribution in [2.45, 2.75) is 62.7 Å². The van der Waals surface area contributed by atoms with Gasteiger partial charge in [0.2, 0.25) is 17.7 Å². The number of aliphatic carboxylic acids is 2. The molecule has 4 atom stereocenters. The number of nitrogens with one attached hydrogen (secondary N) is 3. The average Bonchev–Trinajstić information content (AvgIpc) is 3.63. The number of carboxylic acids is 2. The number of carboxylic acid groups (broad SMARTS) is 2. The van der Waals surface area contributed by atoms with Crippen molar-refractivity contribution >= 4 is 40.6 Å². The summed E-state index contributed by atoms with van der Waals surface area (Å²) in [5.74, 6) is -4.37. The molecule has 0 aliphatic carbocycles. The fourth-order valence-corrected chi connectivity index (χ4v) is 5.27. The Bertz CT molecular complexity index is 1490. The van der Waals surface area contributed by atoms with Crippen molar-refractivity contribution in [3.63, 3.8) is 0 Å². The summed E-state index contributed by atoms with van der Waals surface area (Å²) in [6.45, 7) is 0.210. The van der Waals surface area contributed by atoms with Gasteiger partial charge < -0.3 is 41.6 Å². The maximum atomic E-state index is 13.7. The van der Waals surface area contributed by atoms with Crippen molar-refractivity contribution in [2.75, 3.05) is 6.54 Å². The topological polar surface area (TPSA) is 215 Å². The second-order valence-corrected chi connectivity index (χ2v) is 10.6. The largest absolute Gasteiger partial charge is 0.508 e. The number of carbonyl (C=O) groups is 5. The summed E-state index contributed by atoms with van der Waals surface area (Å²) in [5, 5.41) is 34.4. The first-order valence-electron chi connectivity index (χ1n) is 14.0. The minimum atomic E-state index is -1.33. The predicted octanol–water partition coefficient (Wildman–Crippen LogP) is 0.896. The maximum Gasteiger partial charge on any atom is 0.326 e. The highest BCUT2D eigenvalue weighted by Gasteiger charge is 2.38. The minimum Gasteiger partial charge on any atom is -0.508 e. The van der Waals surface area contributed by atoms with Gasteiger partial charge >= 0.3 is 11.9 Å². The Morgan fingerprint density at radius 2 is 1.65 bits per heavy atom. The molecule has 4 unspecified atom stereocenters. The normalized spacial score (nSPS) is 16.8. The SMILES string of the molecule is NC(Cc1ccc(O)cc1)C(=O)NC(CCC(=O)O)C(=O)NC(Cc1c[nH]c2ccccc12)C(=O)N1CCCC1C(=O)O. The van der Waals surface area contributed by atoms with E-state index in [1.54, 1.807) is 18.3 Å². The molecule has 13 nitrogen and oxygen atoms in total. The number of para-hydroxylation sites is 1. The van der Waals surface area contributed by atoms with Gasteiger partial charge in [-0.3, -0.25) is 19.2 Å². The number of carbonyl (C=O) groups excluding carboxylic acids is 3. The van der Waals surface area contributed by atoms with E-state index in [1.807, 2.05) is 24.3 Å². The molecular formula is C30H35N5O8. The number of likely N-dealkylation sites (tertiary alicyclic amines) is 1. The lowest BCUT2D eigenvalue weighted by Gasteiger charge is -2.29. The standard InChI is InChI=1S/C30H35N5O8/c31-21(14-17-7-9-19(36)10-8-17)27(39)33-23(11-12-26(37)38)28(40)34-24(29(41)35-13-3-6-25(35)30(42)43)15-18-16-32-22-5-2-1-4-20(18)22/h1-2,4-5,7-10,16,21,23-25,32,36H,3,6,11-15,31H2,(H,33,39)(H,34,40)(H,37,38)(H,42,43). The number of benzene rings is 2. The molecule has 43 heavy (non-hydrogen) atoms. The van der Waals surface area contributed by atoms with Crippen molar-refractivity contribution in [1.82, 2.24) is 20.5 Å². The molecule has 13 heteroatoms. The molecule has 0 radical (unpaired) electrons. The Morgan fingerprint density at radius 3 is 2.35 bits per heavy atom. The second kappa shape index (κ2) is 13.8. The van der Waals surface area contributed by atoms with Crippen LogP contribution in [0.5, 0.6) is 5.75 Å². The van der Waals surface area contributed by atoms with E-state index in [9.17, 15) is 39.3 Å². The molecule has 3 amide bonds. The van der Waals surface area contributed by atoms with Gasteiger partial charge in [0.25, 0.3) is 0 Å². The number of amides is 3. The molecule has 2 aromatic carbocycles. The third-order valence-corrected chi connectivity index (χ3v) is 7.54. The molecule has 4 rings (SSSR count). The van der Waals surface area contributed by atoms with Gasteiger partial charge in [-0.25, -0.2) is 4.79 Å². The van der Waals surface area contributed by atoms with Crippen LogP contribution in [0.15, 0.2) is 54.7 Å². The average molecular weight is 594 g/mol. The van der Waals surface area contributed by atoms with E-state index in [0.717, 1.165) is 10.9 Å². The number of nitrogens with two attached hydrogens (primary N) is 1. The number of nitrogens with zero attached hydrogens (tertiary/aromatic N) is 1. The first-order chi connectivity index (χ1) is 20.5. The monoisotopic (exact) mass is 593 g/mol. The lowest BCUT2D eigenvalue weighted by atomic mass is 10.0. The highest BCUT2D eigenvalue weighted by Crippen LogP contribution is 2.23. The van der Waals surface area contributed by atoms with Gasteiger partial charge in [0.05, 0.1) is 6.04 Å². The van der Waals surface area contributed by atoms with Crippen LogP contribution >= 0.6 is 0 Å².